The Hall–Kier alpha value is -2.04. The first-order chi connectivity index (χ1) is 10.6. The number of nitrogens with zero attached hydrogens (tertiary/aromatic N) is 1. The third-order valence-corrected chi connectivity index (χ3v) is 3.48. The molecule has 1 rings (SSSR count). The van der Waals surface area contributed by atoms with E-state index in [-0.39, 0.29) is 18.4 Å². The first kappa shape index (κ1) is 18.0. The Labute approximate surface area is 133 Å². The van der Waals surface area contributed by atoms with Crippen LogP contribution in [0.3, 0.4) is 0 Å². The lowest BCUT2D eigenvalue weighted by molar-refractivity contribution is -0.124. The zero-order chi connectivity index (χ0) is 16.4. The fourth-order valence-electron chi connectivity index (χ4n) is 2.15. The van der Waals surface area contributed by atoms with Crippen LogP contribution in [-0.4, -0.2) is 31.4 Å². The van der Waals surface area contributed by atoms with Crippen LogP contribution in [0.2, 0.25) is 0 Å². The Kier molecular flexibility index (Phi) is 8.04. The highest BCUT2D eigenvalue weighted by molar-refractivity contribution is 5.94. The quantitative estimate of drug-likeness (QED) is 0.737. The van der Waals surface area contributed by atoms with Crippen molar-refractivity contribution in [2.24, 2.45) is 0 Å². The second-order valence-corrected chi connectivity index (χ2v) is 5.15. The van der Waals surface area contributed by atoms with E-state index < -0.39 is 0 Å². The van der Waals surface area contributed by atoms with Gasteiger partial charge in [0, 0.05) is 30.9 Å². The molecular weight excluding hydrogens is 278 g/mol. The molecule has 5 nitrogen and oxygen atoms in total. The summed E-state index contributed by atoms with van der Waals surface area (Å²) in [7, 11) is 0. The highest BCUT2D eigenvalue weighted by Gasteiger charge is 2.06. The summed E-state index contributed by atoms with van der Waals surface area (Å²) in [5.74, 6) is -0.283. The Bertz CT molecular complexity index is 467. The molecule has 0 aliphatic rings. The summed E-state index contributed by atoms with van der Waals surface area (Å²) in [6, 6.07) is 7.74. The molecule has 1 aromatic carbocycles. The fourth-order valence-corrected chi connectivity index (χ4v) is 2.15. The predicted molar refractivity (Wildman–Crippen MR) is 91.2 cm³/mol. The lowest BCUT2D eigenvalue weighted by Crippen LogP contribution is -2.32. The van der Waals surface area contributed by atoms with E-state index in [1.54, 1.807) is 0 Å². The minimum absolute atomic E-state index is 0.0142. The van der Waals surface area contributed by atoms with Gasteiger partial charge in [-0.2, -0.15) is 0 Å². The lowest BCUT2D eigenvalue weighted by atomic mass is 10.2. The molecule has 2 N–H and O–H groups in total. The number of benzene rings is 1. The maximum absolute atomic E-state index is 11.8. The summed E-state index contributed by atoms with van der Waals surface area (Å²) in [5.41, 5.74) is 1.87. The summed E-state index contributed by atoms with van der Waals surface area (Å²) >= 11 is 0. The second kappa shape index (κ2) is 9.82. The Balaban J connectivity index is 2.43. The Morgan fingerprint density at radius 3 is 2.18 bits per heavy atom. The number of unbranched alkanes of at least 4 members (excludes halogenated alkanes) is 1. The molecule has 0 heterocycles. The van der Waals surface area contributed by atoms with Crippen LogP contribution in [-0.2, 0) is 9.59 Å². The molecule has 0 fully saturated rings. The molecule has 22 heavy (non-hydrogen) atoms. The monoisotopic (exact) mass is 305 g/mol. The van der Waals surface area contributed by atoms with E-state index in [4.69, 9.17) is 0 Å². The lowest BCUT2D eigenvalue weighted by Gasteiger charge is -2.21. The van der Waals surface area contributed by atoms with Crippen molar-refractivity contribution in [3.63, 3.8) is 0 Å². The molecule has 5 heteroatoms. The van der Waals surface area contributed by atoms with Gasteiger partial charge in [0.2, 0.25) is 11.8 Å². The summed E-state index contributed by atoms with van der Waals surface area (Å²) in [5, 5.41) is 5.41. The number of anilines is 2. The van der Waals surface area contributed by atoms with Crippen molar-refractivity contribution < 1.29 is 9.59 Å². The van der Waals surface area contributed by atoms with Gasteiger partial charge in [0.15, 0.2) is 0 Å². The average Bonchev–Trinajstić information content (AvgIpc) is 2.53. The highest BCUT2D eigenvalue weighted by atomic mass is 16.2. The van der Waals surface area contributed by atoms with Crippen molar-refractivity contribution in [2.45, 2.75) is 40.0 Å². The molecule has 0 bridgehead atoms. The number of carbonyl (C=O) groups excluding carboxylic acids is 2. The van der Waals surface area contributed by atoms with Crippen LogP contribution < -0.4 is 15.5 Å². The summed E-state index contributed by atoms with van der Waals surface area (Å²) in [6.45, 7) is 8.17. The van der Waals surface area contributed by atoms with Crippen molar-refractivity contribution in [1.82, 2.24) is 5.32 Å². The van der Waals surface area contributed by atoms with Crippen LogP contribution >= 0.6 is 0 Å². The van der Waals surface area contributed by atoms with Gasteiger partial charge in [-0.3, -0.25) is 9.59 Å². The Morgan fingerprint density at radius 1 is 1.00 bits per heavy atom. The molecule has 0 atom stereocenters. The van der Waals surface area contributed by atoms with E-state index >= 15 is 0 Å². The molecular formula is C17H27N3O2. The van der Waals surface area contributed by atoms with E-state index in [9.17, 15) is 9.59 Å². The van der Waals surface area contributed by atoms with Gasteiger partial charge in [-0.05, 0) is 44.5 Å². The second-order valence-electron chi connectivity index (χ2n) is 5.15. The van der Waals surface area contributed by atoms with Crippen molar-refractivity contribution in [3.05, 3.63) is 24.3 Å². The number of carbonyl (C=O) groups is 2. The van der Waals surface area contributed by atoms with Gasteiger partial charge in [-0.15, -0.1) is 0 Å². The van der Waals surface area contributed by atoms with Crippen LogP contribution in [0.15, 0.2) is 24.3 Å². The molecule has 2 amide bonds. The van der Waals surface area contributed by atoms with Crippen molar-refractivity contribution in [3.8, 4) is 0 Å². The third kappa shape index (κ3) is 6.16. The normalized spacial score (nSPS) is 10.1. The molecule has 122 valence electrons. The van der Waals surface area contributed by atoms with Crippen molar-refractivity contribution in [1.29, 1.82) is 0 Å². The molecule has 0 aliphatic carbocycles. The van der Waals surface area contributed by atoms with Gasteiger partial charge < -0.3 is 15.5 Å². The van der Waals surface area contributed by atoms with E-state index in [1.807, 2.05) is 31.2 Å². The van der Waals surface area contributed by atoms with E-state index in [2.05, 4.69) is 29.4 Å². The van der Waals surface area contributed by atoms with Gasteiger partial charge in [0.05, 0.1) is 6.54 Å². The van der Waals surface area contributed by atoms with Crippen LogP contribution in [0, 0.1) is 0 Å². The minimum atomic E-state index is -0.208. The molecule has 0 spiro atoms. The zero-order valence-electron chi connectivity index (χ0n) is 13.8. The van der Waals surface area contributed by atoms with E-state index in [1.165, 1.54) is 0 Å². The fraction of sp³-hybridized carbons (Fsp3) is 0.529. The first-order valence-electron chi connectivity index (χ1n) is 8.02. The van der Waals surface area contributed by atoms with Crippen LogP contribution in [0.25, 0.3) is 0 Å². The largest absolute Gasteiger partial charge is 0.372 e. The van der Waals surface area contributed by atoms with Crippen molar-refractivity contribution >= 4 is 23.2 Å². The predicted octanol–water partition coefficient (Wildman–Crippen LogP) is 2.78. The van der Waals surface area contributed by atoms with Crippen LogP contribution in [0.5, 0.6) is 0 Å². The number of hydrogen-bond acceptors (Lipinski definition) is 3. The molecule has 0 radical (unpaired) electrons. The van der Waals surface area contributed by atoms with Crippen molar-refractivity contribution in [2.75, 3.05) is 29.9 Å². The minimum Gasteiger partial charge on any atom is -0.372 e. The zero-order valence-corrected chi connectivity index (χ0v) is 13.8. The summed E-state index contributed by atoms with van der Waals surface area (Å²) < 4.78 is 0. The topological polar surface area (TPSA) is 61.4 Å². The van der Waals surface area contributed by atoms with Gasteiger partial charge in [-0.25, -0.2) is 0 Å². The Morgan fingerprint density at radius 2 is 1.64 bits per heavy atom. The van der Waals surface area contributed by atoms with Gasteiger partial charge in [-0.1, -0.05) is 13.3 Å². The smallest absolute Gasteiger partial charge is 0.243 e. The third-order valence-electron chi connectivity index (χ3n) is 3.48. The maximum Gasteiger partial charge on any atom is 0.243 e. The SMILES string of the molecule is CCCCC(=O)NCC(=O)Nc1ccc(N(CC)CC)cc1. The van der Waals surface area contributed by atoms with E-state index in [0.29, 0.717) is 6.42 Å². The number of hydrogen-bond donors (Lipinski definition) is 2. The maximum atomic E-state index is 11.8. The van der Waals surface area contributed by atoms with Crippen LogP contribution in [0.1, 0.15) is 40.0 Å². The molecule has 0 unspecified atom stereocenters. The standard InChI is InChI=1S/C17H27N3O2/c1-4-7-8-16(21)18-13-17(22)19-14-9-11-15(12-10-14)20(5-2)6-3/h9-12H,4-8,13H2,1-3H3,(H,18,21)(H,19,22). The number of nitrogens with one attached hydrogen (secondary N) is 2. The summed E-state index contributed by atoms with van der Waals surface area (Å²) in [6.07, 6.45) is 2.29. The van der Waals surface area contributed by atoms with Gasteiger partial charge >= 0.3 is 0 Å². The molecule has 0 saturated carbocycles. The van der Waals surface area contributed by atoms with E-state index in [0.717, 1.165) is 37.3 Å². The highest BCUT2D eigenvalue weighted by Crippen LogP contribution is 2.17. The number of rotatable bonds is 9. The van der Waals surface area contributed by atoms with Gasteiger partial charge in [0.25, 0.3) is 0 Å². The number of amides is 2. The average molecular weight is 305 g/mol. The molecule has 0 aromatic heterocycles. The molecule has 1 aromatic rings. The first-order valence-corrected chi connectivity index (χ1v) is 8.02. The molecule has 0 saturated heterocycles. The summed E-state index contributed by atoms with van der Waals surface area (Å²) in [4.78, 5) is 25.5. The van der Waals surface area contributed by atoms with Crippen LogP contribution in [0.4, 0.5) is 11.4 Å². The molecule has 0 aliphatic heterocycles. The van der Waals surface area contributed by atoms with Gasteiger partial charge in [0.1, 0.15) is 0 Å².